The zero-order valence-electron chi connectivity index (χ0n) is 40.7. The van der Waals surface area contributed by atoms with Crippen molar-refractivity contribution < 1.29 is 79.3 Å². The van der Waals surface area contributed by atoms with E-state index in [1.54, 1.807) is 37.4 Å². The van der Waals surface area contributed by atoms with Crippen molar-refractivity contribution in [1.29, 1.82) is 0 Å². The standard InChI is InChI=1S/C41H56N2O12S3.2C2H4O2.C2H4O/c1-26-35(46-7)18-37(52-27(2)44)39(51-26)53-34-15-11-30(38(45)43-23-41(5,6)25-47-24-40(3,4)22-42)17-36(34)55-58-54-32-12-8-28(9-13-32)19-48-33-14-10-29(20-49-56)16-31(33)21-50-57;2*1-2(3)4;1-2-3/h8-17,26,35,37,39,56-57H,18-25,42H2,1-7H3,(H,43,45);2*1H3,(H,3,4);2H,1H3/t26-,35-,37?,39+;;;/m0.../s1. The molecular weight excluding hydrogens is 961 g/mol. The molecule has 1 saturated heterocycles. The normalized spacial score (nSPS) is 16.3. The number of nitrogens with two attached hydrogens (primary N) is 1. The molecule has 1 aliphatic rings. The molecule has 22 heteroatoms. The van der Waals surface area contributed by atoms with Crippen molar-refractivity contribution in [2.75, 3.05) is 33.4 Å². The van der Waals surface area contributed by atoms with Crippen molar-refractivity contribution >= 4 is 68.2 Å². The summed E-state index contributed by atoms with van der Waals surface area (Å²) in [6.45, 7) is 17.6. The highest BCUT2D eigenvalue weighted by Crippen LogP contribution is 2.36. The van der Waals surface area contributed by atoms with Crippen LogP contribution in [-0.4, -0.2) is 98.3 Å². The third-order valence-electron chi connectivity index (χ3n) is 9.12. The summed E-state index contributed by atoms with van der Waals surface area (Å²) in [5, 5.41) is 17.8. The number of benzene rings is 3. The number of hydrogen-bond donors (Lipinski definition) is 6. The summed E-state index contributed by atoms with van der Waals surface area (Å²) in [4.78, 5) is 52.2. The number of methoxy groups -OCH3 is 1. The highest BCUT2D eigenvalue weighted by atomic mass is 32.2. The van der Waals surface area contributed by atoms with Gasteiger partial charge in [-0.2, -0.15) is 0 Å². The van der Waals surface area contributed by atoms with Gasteiger partial charge in [0.15, 0.2) is 17.6 Å². The number of carboxylic acids is 2. The fraction of sp³-hybridized carbons (Fsp3) is 0.511. The van der Waals surface area contributed by atoms with Crippen LogP contribution < -0.4 is 28.9 Å². The topological polar surface area (TPSA) is 256 Å². The molecule has 0 radical (unpaired) electrons. The second-order valence-corrected chi connectivity index (χ2v) is 17.8. The number of esters is 1. The van der Waals surface area contributed by atoms with Crippen LogP contribution in [0.15, 0.2) is 60.7 Å². The molecule has 0 bridgehead atoms. The van der Waals surface area contributed by atoms with E-state index in [1.165, 1.54) is 13.8 Å². The summed E-state index contributed by atoms with van der Waals surface area (Å²) in [6, 6.07) is 17.7. The first-order valence-corrected chi connectivity index (χ1v) is 22.8. The van der Waals surface area contributed by atoms with E-state index in [0.29, 0.717) is 75.3 Å². The number of nitrogens with one attached hydrogen (secondary N) is 1. The minimum absolute atomic E-state index is 0.145. The number of carbonyl (C=O) groups excluding carboxylic acids is 3. The number of carbonyl (C=O) groups is 5. The Labute approximate surface area is 420 Å². The van der Waals surface area contributed by atoms with Gasteiger partial charge in [-0.15, -0.1) is 0 Å². The number of carboxylic acid groups (broad SMARTS) is 2. The van der Waals surface area contributed by atoms with Crippen LogP contribution in [0.5, 0.6) is 23.0 Å². The highest BCUT2D eigenvalue weighted by Gasteiger charge is 2.40. The summed E-state index contributed by atoms with van der Waals surface area (Å²) in [5.74, 6) is -0.929. The number of thiol groups is 2. The highest BCUT2D eigenvalue weighted by molar-refractivity contribution is 7.90. The summed E-state index contributed by atoms with van der Waals surface area (Å²) in [6.07, 6.45) is -1.33. The largest absolute Gasteiger partial charge is 0.489 e. The number of aldehydes is 1. The molecule has 69 heavy (non-hydrogen) atoms. The van der Waals surface area contributed by atoms with Gasteiger partial charge in [-0.05, 0) is 99.8 Å². The summed E-state index contributed by atoms with van der Waals surface area (Å²) in [5.41, 5.74) is 8.29. The van der Waals surface area contributed by atoms with E-state index in [0.717, 1.165) is 36.8 Å². The molecule has 0 aliphatic carbocycles. The monoisotopic (exact) mass is 1030 g/mol. The van der Waals surface area contributed by atoms with Gasteiger partial charge in [0.1, 0.15) is 24.4 Å². The van der Waals surface area contributed by atoms with Crippen LogP contribution in [0, 0.1) is 10.8 Å². The third kappa shape index (κ3) is 26.1. The first-order valence-electron chi connectivity index (χ1n) is 21.4. The van der Waals surface area contributed by atoms with Crippen molar-refractivity contribution in [3.05, 3.63) is 82.9 Å². The maximum Gasteiger partial charge on any atom is 0.303 e. The van der Waals surface area contributed by atoms with Crippen LogP contribution in [0.3, 0.4) is 0 Å². The van der Waals surface area contributed by atoms with Crippen molar-refractivity contribution in [1.82, 2.24) is 5.32 Å². The summed E-state index contributed by atoms with van der Waals surface area (Å²) < 4.78 is 57.3. The second kappa shape index (κ2) is 32.9. The zero-order chi connectivity index (χ0) is 52.2. The molecule has 386 valence electrons. The Morgan fingerprint density at radius 1 is 0.826 bits per heavy atom. The predicted octanol–water partition coefficient (Wildman–Crippen LogP) is 7.61. The molecule has 1 aliphatic heterocycles. The number of hydrogen-bond acceptors (Lipinski definition) is 19. The van der Waals surface area contributed by atoms with Crippen LogP contribution >= 0.6 is 38.1 Å². The first-order chi connectivity index (χ1) is 32.5. The smallest absolute Gasteiger partial charge is 0.303 e. The Morgan fingerprint density at radius 2 is 1.41 bits per heavy atom. The van der Waals surface area contributed by atoms with Gasteiger partial charge < -0.3 is 71.2 Å². The lowest BCUT2D eigenvalue weighted by Crippen LogP contribution is -2.50. The molecule has 1 amide bonds. The van der Waals surface area contributed by atoms with Gasteiger partial charge in [0.25, 0.3) is 30.2 Å². The molecule has 1 fully saturated rings. The van der Waals surface area contributed by atoms with E-state index in [-0.39, 0.29) is 47.1 Å². The molecule has 4 atom stereocenters. The second-order valence-electron chi connectivity index (χ2n) is 16.8. The average molecular weight is 1030 g/mol. The third-order valence-corrected chi connectivity index (χ3v) is 9.89. The number of aliphatic carboxylic acids is 2. The van der Waals surface area contributed by atoms with Crippen molar-refractivity contribution in [2.24, 2.45) is 16.6 Å². The van der Waals surface area contributed by atoms with Gasteiger partial charge in [-0.3, -0.25) is 19.2 Å². The van der Waals surface area contributed by atoms with E-state index >= 15 is 0 Å². The molecule has 0 saturated carbocycles. The number of amides is 1. The van der Waals surface area contributed by atoms with Gasteiger partial charge in [0, 0.05) is 62.8 Å². The molecule has 0 spiro atoms. The quantitative estimate of drug-likeness (QED) is 0.0231. The molecule has 4 rings (SSSR count). The minimum atomic E-state index is -0.987. The Kier molecular flexibility index (Phi) is 29.7. The van der Waals surface area contributed by atoms with Crippen LogP contribution in [0.2, 0.25) is 0 Å². The van der Waals surface area contributed by atoms with Crippen LogP contribution in [0.1, 0.15) is 95.8 Å². The van der Waals surface area contributed by atoms with E-state index < -0.39 is 30.3 Å². The van der Waals surface area contributed by atoms with Crippen molar-refractivity contribution in [3.8, 4) is 23.0 Å². The van der Waals surface area contributed by atoms with Crippen LogP contribution in [0.4, 0.5) is 0 Å². The summed E-state index contributed by atoms with van der Waals surface area (Å²) >= 11 is 8.40. The SMILES string of the molecule is CC(=O)O.CC(=O)O.CC=O.CO[C@H]1CC(OC(C)=O)[C@@H](Oc2ccc(C(=O)NCC(C)(C)COCC(C)(C)CN)cc2OSOc2ccc(COc3ccc(COS)cc3COS)cc2)O[C@H]1C. The van der Waals surface area contributed by atoms with E-state index in [2.05, 4.69) is 31.1 Å². The van der Waals surface area contributed by atoms with Gasteiger partial charge >= 0.3 is 5.97 Å². The Hall–Kier alpha value is -4.78. The van der Waals surface area contributed by atoms with Crippen molar-refractivity contribution in [3.63, 3.8) is 0 Å². The molecule has 3 aromatic carbocycles. The number of ether oxygens (including phenoxy) is 6. The maximum absolute atomic E-state index is 13.4. The Balaban J connectivity index is 0.00000196. The molecule has 1 unspecified atom stereocenters. The molecule has 1 heterocycles. The van der Waals surface area contributed by atoms with Gasteiger partial charge in [0.2, 0.25) is 6.29 Å². The Morgan fingerprint density at radius 3 is 1.97 bits per heavy atom. The molecule has 5 N–H and O–H groups in total. The lowest BCUT2D eigenvalue weighted by molar-refractivity contribution is -0.241. The van der Waals surface area contributed by atoms with Gasteiger partial charge in [0.05, 0.1) is 38.6 Å². The average Bonchev–Trinajstić information content (AvgIpc) is 3.27. The molecule has 3 aromatic rings. The lowest BCUT2D eigenvalue weighted by Gasteiger charge is -2.38. The first kappa shape index (κ1) is 62.2. The zero-order valence-corrected chi connectivity index (χ0v) is 43.3. The molecule has 19 nitrogen and oxygen atoms in total. The van der Waals surface area contributed by atoms with Crippen molar-refractivity contribution in [2.45, 2.75) is 113 Å². The van der Waals surface area contributed by atoms with Crippen LogP contribution in [0.25, 0.3) is 0 Å². The lowest BCUT2D eigenvalue weighted by atomic mass is 9.93. The molecular formula is C47H68N2O17S3. The Bertz CT molecular complexity index is 2000. The predicted molar refractivity (Wildman–Crippen MR) is 264 cm³/mol. The fourth-order valence-corrected chi connectivity index (χ4v) is 6.43. The van der Waals surface area contributed by atoms with Gasteiger partial charge in [-0.25, -0.2) is 0 Å². The van der Waals surface area contributed by atoms with E-state index in [4.69, 9.17) is 75.5 Å². The number of rotatable bonds is 23. The van der Waals surface area contributed by atoms with E-state index in [1.807, 2.05) is 65.0 Å². The maximum atomic E-state index is 13.4. The summed E-state index contributed by atoms with van der Waals surface area (Å²) in [7, 11) is 1.57. The van der Waals surface area contributed by atoms with Crippen LogP contribution in [-0.2, 0) is 66.3 Å². The van der Waals surface area contributed by atoms with E-state index in [9.17, 15) is 9.59 Å². The fourth-order valence-electron chi connectivity index (χ4n) is 5.71. The van der Waals surface area contributed by atoms with Gasteiger partial charge in [-0.1, -0.05) is 45.9 Å². The minimum Gasteiger partial charge on any atom is -0.489 e. The molecule has 0 aromatic heterocycles.